The number of aromatic nitrogens is 3. The van der Waals surface area contributed by atoms with Crippen molar-refractivity contribution in [2.24, 2.45) is 0 Å². The van der Waals surface area contributed by atoms with Crippen molar-refractivity contribution in [3.8, 4) is 0 Å². The van der Waals surface area contributed by atoms with Crippen molar-refractivity contribution in [1.29, 1.82) is 0 Å². The Morgan fingerprint density at radius 2 is 1.56 bits per heavy atom. The molecule has 1 aromatic heterocycles. The molecule has 1 aliphatic carbocycles. The summed E-state index contributed by atoms with van der Waals surface area (Å²) in [5.74, 6) is 1.78. The molecule has 25 heavy (non-hydrogen) atoms. The molecule has 138 valence electrons. The van der Waals surface area contributed by atoms with Crippen LogP contribution in [0.15, 0.2) is 5.16 Å². The molecule has 7 heteroatoms. The maximum atomic E-state index is 12.6. The number of hydrogen-bond acceptors (Lipinski definition) is 5. The molecule has 3 aliphatic rings. The summed E-state index contributed by atoms with van der Waals surface area (Å²) in [5.41, 5.74) is 0. The van der Waals surface area contributed by atoms with E-state index in [-0.39, 0.29) is 5.91 Å². The Morgan fingerprint density at radius 3 is 2.24 bits per heavy atom. The summed E-state index contributed by atoms with van der Waals surface area (Å²) in [6, 6.07) is 0.546. The van der Waals surface area contributed by atoms with Crippen LogP contribution in [-0.4, -0.2) is 57.5 Å². The van der Waals surface area contributed by atoms with Gasteiger partial charge in [-0.15, -0.1) is 10.2 Å². The van der Waals surface area contributed by atoms with Crippen LogP contribution in [-0.2, 0) is 4.79 Å². The first-order valence-corrected chi connectivity index (χ1v) is 10.9. The summed E-state index contributed by atoms with van der Waals surface area (Å²) in [6.07, 6.45) is 11.0. The second-order valence-electron chi connectivity index (χ2n) is 7.52. The number of carbonyl (C=O) groups is 1. The monoisotopic (exact) mass is 363 g/mol. The molecule has 0 atom stereocenters. The van der Waals surface area contributed by atoms with E-state index in [1.54, 1.807) is 11.8 Å². The Labute approximate surface area is 154 Å². The molecule has 0 bridgehead atoms. The molecule has 0 radical (unpaired) electrons. The number of rotatable bonds is 5. The molecule has 0 aromatic carbocycles. The van der Waals surface area contributed by atoms with E-state index in [9.17, 15) is 4.79 Å². The first-order valence-electron chi connectivity index (χ1n) is 9.93. The number of amides is 1. The number of thioether (sulfide) groups is 1. The number of carbonyl (C=O) groups excluding carboxylic acids is 1. The second-order valence-corrected chi connectivity index (χ2v) is 8.46. The van der Waals surface area contributed by atoms with Crippen LogP contribution in [0.3, 0.4) is 0 Å². The van der Waals surface area contributed by atoms with Gasteiger partial charge < -0.3 is 9.80 Å². The van der Waals surface area contributed by atoms with Gasteiger partial charge in [0.25, 0.3) is 0 Å². The fourth-order valence-electron chi connectivity index (χ4n) is 3.87. The van der Waals surface area contributed by atoms with Gasteiger partial charge in [-0.25, -0.2) is 0 Å². The first kappa shape index (κ1) is 17.2. The second kappa shape index (κ2) is 7.98. The highest BCUT2D eigenvalue weighted by atomic mass is 32.2. The summed E-state index contributed by atoms with van der Waals surface area (Å²) in [5, 5.41) is 9.84. The molecule has 0 N–H and O–H groups in total. The highest BCUT2D eigenvalue weighted by Gasteiger charge is 2.32. The van der Waals surface area contributed by atoms with Crippen molar-refractivity contribution in [2.45, 2.75) is 69.0 Å². The molecule has 4 rings (SSSR count). The third-order valence-electron chi connectivity index (χ3n) is 5.48. The van der Waals surface area contributed by atoms with Gasteiger partial charge in [-0.3, -0.25) is 9.36 Å². The minimum atomic E-state index is 0.264. The van der Waals surface area contributed by atoms with Crippen LogP contribution in [0.1, 0.15) is 63.8 Å². The van der Waals surface area contributed by atoms with Gasteiger partial charge >= 0.3 is 0 Å². The van der Waals surface area contributed by atoms with Crippen molar-refractivity contribution in [1.82, 2.24) is 19.7 Å². The van der Waals surface area contributed by atoms with Crippen LogP contribution >= 0.6 is 11.8 Å². The maximum absolute atomic E-state index is 12.6. The van der Waals surface area contributed by atoms with Crippen LogP contribution in [0.2, 0.25) is 0 Å². The summed E-state index contributed by atoms with van der Waals surface area (Å²) in [7, 11) is 0. The van der Waals surface area contributed by atoms with Crippen molar-refractivity contribution >= 4 is 23.6 Å². The van der Waals surface area contributed by atoms with Gasteiger partial charge in [-0.05, 0) is 38.5 Å². The van der Waals surface area contributed by atoms with Crippen LogP contribution in [0.4, 0.5) is 5.95 Å². The van der Waals surface area contributed by atoms with E-state index in [0.717, 1.165) is 50.1 Å². The molecule has 6 nitrogen and oxygen atoms in total. The first-order chi connectivity index (χ1) is 12.3. The molecular formula is C18H29N5OS. The zero-order valence-electron chi connectivity index (χ0n) is 15.0. The fraction of sp³-hybridized carbons (Fsp3) is 0.833. The van der Waals surface area contributed by atoms with Crippen molar-refractivity contribution < 1.29 is 4.79 Å². The lowest BCUT2D eigenvalue weighted by molar-refractivity contribution is -0.128. The largest absolute Gasteiger partial charge is 0.342 e. The van der Waals surface area contributed by atoms with E-state index in [1.807, 2.05) is 0 Å². The molecule has 0 unspecified atom stereocenters. The molecule has 3 fully saturated rings. The molecule has 1 aromatic rings. The molecule has 2 aliphatic heterocycles. The smallest absolute Gasteiger partial charge is 0.233 e. The van der Waals surface area contributed by atoms with Crippen LogP contribution in [0.25, 0.3) is 0 Å². The van der Waals surface area contributed by atoms with Gasteiger partial charge in [-0.2, -0.15) is 0 Å². The summed E-state index contributed by atoms with van der Waals surface area (Å²) in [6.45, 7) is 4.02. The van der Waals surface area contributed by atoms with Crippen molar-refractivity contribution in [3.05, 3.63) is 0 Å². The Kier molecular flexibility index (Phi) is 5.48. The van der Waals surface area contributed by atoms with Crippen LogP contribution < -0.4 is 4.90 Å². The quantitative estimate of drug-likeness (QED) is 0.753. The van der Waals surface area contributed by atoms with E-state index in [4.69, 9.17) is 0 Å². The fourth-order valence-corrected chi connectivity index (χ4v) is 4.77. The van der Waals surface area contributed by atoms with Gasteiger partial charge in [0.1, 0.15) is 0 Å². The Bertz CT molecular complexity index is 586. The Hall–Kier alpha value is -1.24. The number of anilines is 1. The van der Waals surface area contributed by atoms with Gasteiger partial charge in [0.2, 0.25) is 11.9 Å². The zero-order chi connectivity index (χ0) is 17.1. The third-order valence-corrected chi connectivity index (χ3v) is 6.41. The van der Waals surface area contributed by atoms with Gasteiger partial charge in [0.05, 0.1) is 5.75 Å². The SMILES string of the molecule is O=C(CSc1nnc(N2CCCC2)n1C1CC1)N1CCCCCCC1. The van der Waals surface area contributed by atoms with Crippen molar-refractivity contribution in [2.75, 3.05) is 36.8 Å². The van der Waals surface area contributed by atoms with E-state index in [1.165, 1.54) is 44.9 Å². The lowest BCUT2D eigenvalue weighted by atomic mass is 10.1. The minimum absolute atomic E-state index is 0.264. The minimum Gasteiger partial charge on any atom is -0.342 e. The van der Waals surface area contributed by atoms with E-state index >= 15 is 0 Å². The lowest BCUT2D eigenvalue weighted by Gasteiger charge is -2.24. The highest BCUT2D eigenvalue weighted by molar-refractivity contribution is 7.99. The average Bonchev–Trinajstić information content (AvgIpc) is 3.11. The maximum Gasteiger partial charge on any atom is 0.233 e. The number of hydrogen-bond donors (Lipinski definition) is 0. The average molecular weight is 364 g/mol. The Morgan fingerprint density at radius 1 is 0.920 bits per heavy atom. The summed E-state index contributed by atoms with van der Waals surface area (Å²) in [4.78, 5) is 17.1. The lowest BCUT2D eigenvalue weighted by Crippen LogP contribution is -2.35. The molecule has 1 amide bonds. The summed E-state index contributed by atoms with van der Waals surface area (Å²) >= 11 is 1.58. The predicted molar refractivity (Wildman–Crippen MR) is 100 cm³/mol. The van der Waals surface area contributed by atoms with Gasteiger partial charge in [-0.1, -0.05) is 31.0 Å². The topological polar surface area (TPSA) is 54.3 Å². The molecule has 1 saturated carbocycles. The standard InChI is InChI=1S/C18H29N5OS/c24-16(21-10-4-2-1-3-5-11-21)14-25-18-20-19-17(22-12-6-7-13-22)23(18)15-8-9-15/h15H,1-14H2. The Balaban J connectivity index is 1.39. The number of likely N-dealkylation sites (tertiary alicyclic amines) is 1. The van der Waals surface area contributed by atoms with Crippen molar-refractivity contribution in [3.63, 3.8) is 0 Å². The summed E-state index contributed by atoms with van der Waals surface area (Å²) < 4.78 is 2.30. The predicted octanol–water partition coefficient (Wildman–Crippen LogP) is 3.10. The van der Waals surface area contributed by atoms with E-state index in [0.29, 0.717) is 11.8 Å². The van der Waals surface area contributed by atoms with Crippen LogP contribution in [0.5, 0.6) is 0 Å². The van der Waals surface area contributed by atoms with E-state index in [2.05, 4.69) is 24.6 Å². The van der Waals surface area contributed by atoms with Crippen LogP contribution in [0, 0.1) is 0 Å². The molecule has 0 spiro atoms. The zero-order valence-corrected chi connectivity index (χ0v) is 15.8. The number of nitrogens with zero attached hydrogens (tertiary/aromatic N) is 5. The normalized spacial score (nSPS) is 22.1. The molecule has 3 heterocycles. The highest BCUT2D eigenvalue weighted by Crippen LogP contribution is 2.41. The third kappa shape index (κ3) is 4.13. The molecule has 2 saturated heterocycles. The van der Waals surface area contributed by atoms with Gasteiger partial charge in [0.15, 0.2) is 5.16 Å². The van der Waals surface area contributed by atoms with Gasteiger partial charge in [0, 0.05) is 32.2 Å². The van der Waals surface area contributed by atoms with E-state index < -0.39 is 0 Å². The molecular weight excluding hydrogens is 334 g/mol.